The van der Waals surface area contributed by atoms with Crippen molar-refractivity contribution in [1.82, 2.24) is 0 Å². The Balaban J connectivity index is 3.47. The zero-order valence-electron chi connectivity index (χ0n) is 7.90. The third kappa shape index (κ3) is 10.7. The standard InChI is InChI=1S/C11H16O2/c1-2-3-4-5-6-7-8-9-10-11(12)13/h4-5,7-10H,2-3,6H2,1H3,(H,12,13)/p-1/b5-4?,8-7?,10-9+. The molecule has 0 bridgehead atoms. The molecular formula is C11H15O2-. The second-order valence-corrected chi connectivity index (χ2v) is 2.60. The number of allylic oxidation sites excluding steroid dienone is 5. The highest BCUT2D eigenvalue weighted by atomic mass is 16.4. The molecule has 0 radical (unpaired) electrons. The summed E-state index contributed by atoms with van der Waals surface area (Å²) in [5, 5.41) is 9.93. The maximum absolute atomic E-state index is 9.93. The number of carboxylic acid groups (broad SMARTS) is 1. The maximum atomic E-state index is 9.93. The zero-order valence-corrected chi connectivity index (χ0v) is 7.90. The van der Waals surface area contributed by atoms with Crippen molar-refractivity contribution in [2.45, 2.75) is 26.2 Å². The normalized spacial score (nSPS) is 12.1. The number of rotatable bonds is 6. The van der Waals surface area contributed by atoms with Gasteiger partial charge in [0, 0.05) is 0 Å². The van der Waals surface area contributed by atoms with Gasteiger partial charge in [-0.15, -0.1) is 0 Å². The first kappa shape index (κ1) is 11.7. The van der Waals surface area contributed by atoms with Crippen molar-refractivity contribution < 1.29 is 9.90 Å². The summed E-state index contributed by atoms with van der Waals surface area (Å²) < 4.78 is 0. The molecule has 0 fully saturated rings. The van der Waals surface area contributed by atoms with E-state index < -0.39 is 5.97 Å². The molecule has 0 saturated carbocycles. The van der Waals surface area contributed by atoms with E-state index in [9.17, 15) is 9.90 Å². The summed E-state index contributed by atoms with van der Waals surface area (Å²) in [6.07, 6.45) is 13.3. The van der Waals surface area contributed by atoms with Gasteiger partial charge in [-0.3, -0.25) is 0 Å². The van der Waals surface area contributed by atoms with Crippen LogP contribution in [-0.2, 0) is 4.79 Å². The van der Waals surface area contributed by atoms with Gasteiger partial charge >= 0.3 is 0 Å². The molecule has 0 aliphatic carbocycles. The van der Waals surface area contributed by atoms with Crippen molar-refractivity contribution in [2.24, 2.45) is 0 Å². The topological polar surface area (TPSA) is 40.1 Å². The Hall–Kier alpha value is -1.31. The molecule has 72 valence electrons. The molecule has 0 aromatic heterocycles. The fourth-order valence-corrected chi connectivity index (χ4v) is 0.751. The van der Waals surface area contributed by atoms with Crippen LogP contribution >= 0.6 is 0 Å². The lowest BCUT2D eigenvalue weighted by atomic mass is 10.2. The largest absolute Gasteiger partial charge is 0.545 e. The third-order valence-electron chi connectivity index (χ3n) is 1.37. The minimum absolute atomic E-state index is 0.845. The van der Waals surface area contributed by atoms with Gasteiger partial charge in [-0.2, -0.15) is 0 Å². The summed E-state index contributed by atoms with van der Waals surface area (Å²) in [6.45, 7) is 2.13. The molecule has 0 aromatic carbocycles. The average molecular weight is 179 g/mol. The van der Waals surface area contributed by atoms with Crippen LogP contribution in [0.5, 0.6) is 0 Å². The van der Waals surface area contributed by atoms with Crippen LogP contribution in [0.15, 0.2) is 36.5 Å². The lowest BCUT2D eigenvalue weighted by Crippen LogP contribution is -2.18. The quantitative estimate of drug-likeness (QED) is 0.353. The second-order valence-electron chi connectivity index (χ2n) is 2.60. The SMILES string of the molecule is CCCC=CCC=C/C=C/C(=O)[O-]. The Bertz CT molecular complexity index is 212. The number of unbranched alkanes of at least 4 members (excludes halogenated alkanes) is 1. The van der Waals surface area contributed by atoms with E-state index in [1.807, 2.05) is 6.08 Å². The number of aliphatic carboxylic acids is 1. The molecule has 0 aromatic rings. The van der Waals surface area contributed by atoms with Gasteiger partial charge in [0.2, 0.25) is 0 Å². The van der Waals surface area contributed by atoms with Crippen molar-refractivity contribution in [3.63, 3.8) is 0 Å². The molecule has 0 atom stereocenters. The highest BCUT2D eigenvalue weighted by Crippen LogP contribution is 1.92. The fraction of sp³-hybridized carbons (Fsp3) is 0.364. The molecule has 0 N–H and O–H groups in total. The number of carbonyl (C=O) groups is 1. The smallest absolute Gasteiger partial charge is 0.0642 e. The van der Waals surface area contributed by atoms with Crippen LogP contribution in [0.25, 0.3) is 0 Å². The highest BCUT2D eigenvalue weighted by molar-refractivity contribution is 5.77. The van der Waals surface area contributed by atoms with Gasteiger partial charge in [0.25, 0.3) is 0 Å². The Morgan fingerprint density at radius 1 is 1.23 bits per heavy atom. The van der Waals surface area contributed by atoms with E-state index in [0.29, 0.717) is 0 Å². The van der Waals surface area contributed by atoms with E-state index in [1.165, 1.54) is 6.08 Å². The van der Waals surface area contributed by atoms with E-state index in [0.717, 1.165) is 25.3 Å². The summed E-state index contributed by atoms with van der Waals surface area (Å²) in [5.74, 6) is -1.16. The molecule has 0 saturated heterocycles. The second kappa shape index (κ2) is 8.78. The molecule has 0 amide bonds. The van der Waals surface area contributed by atoms with Crippen LogP contribution in [-0.4, -0.2) is 5.97 Å². The van der Waals surface area contributed by atoms with E-state index in [2.05, 4.69) is 19.1 Å². The Kier molecular flexibility index (Phi) is 7.90. The van der Waals surface area contributed by atoms with Crippen molar-refractivity contribution in [3.8, 4) is 0 Å². The Labute approximate surface area is 79.3 Å². The van der Waals surface area contributed by atoms with Gasteiger partial charge in [-0.1, -0.05) is 43.7 Å². The minimum atomic E-state index is -1.16. The Morgan fingerprint density at radius 2 is 2.00 bits per heavy atom. The van der Waals surface area contributed by atoms with Crippen LogP contribution in [0.4, 0.5) is 0 Å². The van der Waals surface area contributed by atoms with Crippen LogP contribution in [0.2, 0.25) is 0 Å². The average Bonchev–Trinajstić information content (AvgIpc) is 2.09. The van der Waals surface area contributed by atoms with E-state index in [-0.39, 0.29) is 0 Å². The predicted molar refractivity (Wildman–Crippen MR) is 52.0 cm³/mol. The van der Waals surface area contributed by atoms with Gasteiger partial charge in [0.15, 0.2) is 0 Å². The maximum Gasteiger partial charge on any atom is 0.0642 e. The van der Waals surface area contributed by atoms with E-state index in [1.54, 1.807) is 6.08 Å². The van der Waals surface area contributed by atoms with E-state index >= 15 is 0 Å². The third-order valence-corrected chi connectivity index (χ3v) is 1.37. The first-order chi connectivity index (χ1) is 6.27. The highest BCUT2D eigenvalue weighted by Gasteiger charge is 1.72. The fourth-order valence-electron chi connectivity index (χ4n) is 0.751. The predicted octanol–water partition coefficient (Wildman–Crippen LogP) is 1.60. The van der Waals surface area contributed by atoms with Crippen LogP contribution in [0.1, 0.15) is 26.2 Å². The number of carbonyl (C=O) groups excluding carboxylic acids is 1. The van der Waals surface area contributed by atoms with Gasteiger partial charge in [0.1, 0.15) is 0 Å². The zero-order chi connectivity index (χ0) is 9.94. The Morgan fingerprint density at radius 3 is 2.62 bits per heavy atom. The molecule has 0 spiro atoms. The summed E-state index contributed by atoms with van der Waals surface area (Å²) in [7, 11) is 0. The molecule has 0 aliphatic heterocycles. The summed E-state index contributed by atoms with van der Waals surface area (Å²) in [6, 6.07) is 0. The van der Waals surface area contributed by atoms with Gasteiger partial charge in [-0.25, -0.2) is 0 Å². The summed E-state index contributed by atoms with van der Waals surface area (Å²) in [4.78, 5) is 9.93. The van der Waals surface area contributed by atoms with Gasteiger partial charge < -0.3 is 9.90 Å². The van der Waals surface area contributed by atoms with Crippen LogP contribution < -0.4 is 5.11 Å². The molecule has 0 rings (SSSR count). The molecule has 0 unspecified atom stereocenters. The summed E-state index contributed by atoms with van der Waals surface area (Å²) >= 11 is 0. The van der Waals surface area contributed by atoms with Crippen LogP contribution in [0.3, 0.4) is 0 Å². The van der Waals surface area contributed by atoms with Crippen LogP contribution in [0, 0.1) is 0 Å². The van der Waals surface area contributed by atoms with Crippen molar-refractivity contribution in [3.05, 3.63) is 36.5 Å². The minimum Gasteiger partial charge on any atom is -0.545 e. The molecule has 13 heavy (non-hydrogen) atoms. The van der Waals surface area contributed by atoms with E-state index in [4.69, 9.17) is 0 Å². The first-order valence-corrected chi connectivity index (χ1v) is 4.46. The molecular weight excluding hydrogens is 164 g/mol. The number of carboxylic acids is 1. The monoisotopic (exact) mass is 179 g/mol. The molecule has 0 aliphatic rings. The van der Waals surface area contributed by atoms with Crippen molar-refractivity contribution in [2.75, 3.05) is 0 Å². The van der Waals surface area contributed by atoms with Gasteiger partial charge in [0.05, 0.1) is 5.97 Å². The molecule has 0 heterocycles. The van der Waals surface area contributed by atoms with Gasteiger partial charge in [-0.05, 0) is 18.9 Å². The molecule has 2 heteroatoms. The lowest BCUT2D eigenvalue weighted by Gasteiger charge is -1.86. The summed E-state index contributed by atoms with van der Waals surface area (Å²) in [5.41, 5.74) is 0. The number of hydrogen-bond donors (Lipinski definition) is 0. The van der Waals surface area contributed by atoms with Crippen molar-refractivity contribution >= 4 is 5.97 Å². The number of hydrogen-bond acceptors (Lipinski definition) is 2. The lowest BCUT2D eigenvalue weighted by molar-refractivity contribution is -0.297. The van der Waals surface area contributed by atoms with Crippen molar-refractivity contribution in [1.29, 1.82) is 0 Å². The first-order valence-electron chi connectivity index (χ1n) is 4.46. The molecule has 2 nitrogen and oxygen atoms in total.